The molecular formula is C16H20O6. The molecule has 1 aliphatic carbocycles. The second-order valence-corrected chi connectivity index (χ2v) is 5.36. The van der Waals surface area contributed by atoms with Gasteiger partial charge in [-0.05, 0) is 26.7 Å². The Morgan fingerprint density at radius 3 is 1.64 bits per heavy atom. The molecular weight excluding hydrogens is 288 g/mol. The lowest BCUT2D eigenvalue weighted by molar-refractivity contribution is -0.153. The van der Waals surface area contributed by atoms with Crippen LogP contribution in [0.2, 0.25) is 0 Å². The van der Waals surface area contributed by atoms with Crippen molar-refractivity contribution >= 4 is 11.6 Å². The maximum Gasteiger partial charge on any atom is 0.227 e. The zero-order valence-electron chi connectivity index (χ0n) is 12.8. The standard InChI is InChI=1S/C16H20O6/c1-3-19-11-7-5-9-14(18)16-10(13(17)15(9)21-11)6-8-12(22-16)20-4-2/h11-12H,3-8H2,1-2H3/t11-,12+. The summed E-state index contributed by atoms with van der Waals surface area (Å²) < 4.78 is 22.0. The number of allylic oxidation sites excluding steroid dienone is 2. The molecule has 3 aliphatic rings. The second kappa shape index (κ2) is 6.22. The molecule has 120 valence electrons. The average Bonchev–Trinajstić information content (AvgIpc) is 2.53. The number of carbonyl (C=O) groups is 2. The van der Waals surface area contributed by atoms with Crippen molar-refractivity contribution < 1.29 is 28.5 Å². The first-order valence-electron chi connectivity index (χ1n) is 7.77. The number of Topliss-reactive ketones (excluding diaryl/α,β-unsaturated/α-hetero) is 2. The zero-order valence-corrected chi connectivity index (χ0v) is 12.8. The first-order valence-corrected chi connectivity index (χ1v) is 7.77. The van der Waals surface area contributed by atoms with E-state index < -0.39 is 12.6 Å². The summed E-state index contributed by atoms with van der Waals surface area (Å²) in [6.07, 6.45) is 1.13. The Kier molecular flexibility index (Phi) is 4.31. The van der Waals surface area contributed by atoms with Gasteiger partial charge in [-0.1, -0.05) is 0 Å². The van der Waals surface area contributed by atoms with Crippen LogP contribution in [0.4, 0.5) is 0 Å². The number of rotatable bonds is 4. The van der Waals surface area contributed by atoms with E-state index in [1.54, 1.807) is 0 Å². The molecule has 2 atom stereocenters. The molecule has 0 aromatic carbocycles. The zero-order chi connectivity index (χ0) is 15.7. The fraction of sp³-hybridized carbons (Fsp3) is 0.625. The highest BCUT2D eigenvalue weighted by Gasteiger charge is 2.43. The van der Waals surface area contributed by atoms with Crippen molar-refractivity contribution in [2.75, 3.05) is 13.2 Å². The predicted octanol–water partition coefficient (Wildman–Crippen LogP) is 1.99. The Hall–Kier alpha value is -1.66. The lowest BCUT2D eigenvalue weighted by Crippen LogP contribution is -2.37. The normalized spacial score (nSPS) is 28.1. The average molecular weight is 308 g/mol. The fourth-order valence-electron chi connectivity index (χ4n) is 2.97. The summed E-state index contributed by atoms with van der Waals surface area (Å²) in [5.41, 5.74) is 0.800. The van der Waals surface area contributed by atoms with E-state index in [1.165, 1.54) is 0 Å². The summed E-state index contributed by atoms with van der Waals surface area (Å²) in [6.45, 7) is 4.74. The smallest absolute Gasteiger partial charge is 0.227 e. The molecule has 0 N–H and O–H groups in total. The van der Waals surface area contributed by atoms with Gasteiger partial charge < -0.3 is 18.9 Å². The minimum Gasteiger partial charge on any atom is -0.460 e. The molecule has 3 rings (SSSR count). The molecule has 22 heavy (non-hydrogen) atoms. The van der Waals surface area contributed by atoms with Gasteiger partial charge in [0.15, 0.2) is 24.1 Å². The third-order valence-electron chi connectivity index (χ3n) is 3.97. The van der Waals surface area contributed by atoms with Gasteiger partial charge in [-0.15, -0.1) is 0 Å². The van der Waals surface area contributed by atoms with Gasteiger partial charge in [0.05, 0.1) is 0 Å². The Balaban J connectivity index is 1.84. The third-order valence-corrected chi connectivity index (χ3v) is 3.97. The van der Waals surface area contributed by atoms with E-state index in [1.807, 2.05) is 13.8 Å². The van der Waals surface area contributed by atoms with E-state index in [9.17, 15) is 9.59 Å². The van der Waals surface area contributed by atoms with Crippen LogP contribution in [-0.2, 0) is 28.5 Å². The van der Waals surface area contributed by atoms with Crippen molar-refractivity contribution in [2.24, 2.45) is 0 Å². The van der Waals surface area contributed by atoms with Crippen LogP contribution < -0.4 is 0 Å². The van der Waals surface area contributed by atoms with Gasteiger partial charge >= 0.3 is 0 Å². The van der Waals surface area contributed by atoms with Crippen LogP contribution in [0.1, 0.15) is 39.5 Å². The highest BCUT2D eigenvalue weighted by atomic mass is 16.7. The third kappa shape index (κ3) is 2.57. The van der Waals surface area contributed by atoms with E-state index >= 15 is 0 Å². The first kappa shape index (κ1) is 15.2. The maximum absolute atomic E-state index is 12.6. The van der Waals surface area contributed by atoms with Gasteiger partial charge in [-0.2, -0.15) is 0 Å². The van der Waals surface area contributed by atoms with Crippen molar-refractivity contribution in [2.45, 2.75) is 52.1 Å². The van der Waals surface area contributed by atoms with Crippen LogP contribution in [-0.4, -0.2) is 37.4 Å². The summed E-state index contributed by atoms with van der Waals surface area (Å²) in [5.74, 6) is -0.202. The summed E-state index contributed by atoms with van der Waals surface area (Å²) in [4.78, 5) is 25.2. The van der Waals surface area contributed by atoms with Gasteiger partial charge in [0.1, 0.15) is 0 Å². The highest BCUT2D eigenvalue weighted by molar-refractivity contribution is 6.23. The summed E-state index contributed by atoms with van der Waals surface area (Å²) >= 11 is 0. The molecule has 0 aromatic rings. The number of carbonyl (C=O) groups excluding carboxylic acids is 2. The van der Waals surface area contributed by atoms with E-state index in [0.29, 0.717) is 50.0 Å². The number of ether oxygens (including phenoxy) is 4. The lowest BCUT2D eigenvalue weighted by atomic mass is 9.86. The lowest BCUT2D eigenvalue weighted by Gasteiger charge is -2.34. The Labute approximate surface area is 129 Å². The molecule has 6 nitrogen and oxygen atoms in total. The molecule has 2 heterocycles. The molecule has 2 aliphatic heterocycles. The van der Waals surface area contributed by atoms with Gasteiger partial charge in [-0.25, -0.2) is 0 Å². The van der Waals surface area contributed by atoms with Crippen LogP contribution in [0.25, 0.3) is 0 Å². The molecule has 0 bridgehead atoms. The largest absolute Gasteiger partial charge is 0.460 e. The minimum atomic E-state index is -0.455. The second-order valence-electron chi connectivity index (χ2n) is 5.36. The van der Waals surface area contributed by atoms with Crippen LogP contribution in [0.5, 0.6) is 0 Å². The highest BCUT2D eigenvalue weighted by Crippen LogP contribution is 2.38. The van der Waals surface area contributed by atoms with Crippen molar-refractivity contribution in [3.8, 4) is 0 Å². The van der Waals surface area contributed by atoms with E-state index in [-0.39, 0.29) is 23.1 Å². The van der Waals surface area contributed by atoms with Crippen molar-refractivity contribution in [1.29, 1.82) is 0 Å². The van der Waals surface area contributed by atoms with Gasteiger partial charge in [0.2, 0.25) is 11.6 Å². The number of hydrogen-bond acceptors (Lipinski definition) is 6. The molecule has 0 saturated heterocycles. The van der Waals surface area contributed by atoms with Crippen molar-refractivity contribution in [3.63, 3.8) is 0 Å². The van der Waals surface area contributed by atoms with E-state index in [2.05, 4.69) is 0 Å². The van der Waals surface area contributed by atoms with Crippen LogP contribution in [0.3, 0.4) is 0 Å². The topological polar surface area (TPSA) is 71.1 Å². The van der Waals surface area contributed by atoms with Gasteiger partial charge in [-0.3, -0.25) is 9.59 Å². The molecule has 0 saturated carbocycles. The predicted molar refractivity (Wildman–Crippen MR) is 75.5 cm³/mol. The molecule has 0 aromatic heterocycles. The molecule has 0 unspecified atom stereocenters. The van der Waals surface area contributed by atoms with E-state index in [0.717, 1.165) is 0 Å². The Morgan fingerprint density at radius 1 is 0.864 bits per heavy atom. The molecule has 0 amide bonds. The molecule has 6 heteroatoms. The monoisotopic (exact) mass is 308 g/mol. The minimum absolute atomic E-state index is 0.145. The SMILES string of the molecule is CCO[C@H]1CCC2=C(O1)C(=O)C1=C(O[C@H](OCC)CC1)C2=O. The van der Waals surface area contributed by atoms with E-state index in [4.69, 9.17) is 18.9 Å². The van der Waals surface area contributed by atoms with Gasteiger partial charge in [0.25, 0.3) is 0 Å². The van der Waals surface area contributed by atoms with Crippen LogP contribution in [0, 0.1) is 0 Å². The maximum atomic E-state index is 12.6. The number of ketones is 2. The molecule has 0 spiro atoms. The van der Waals surface area contributed by atoms with Gasteiger partial charge in [0, 0.05) is 37.2 Å². The van der Waals surface area contributed by atoms with Crippen molar-refractivity contribution in [1.82, 2.24) is 0 Å². The van der Waals surface area contributed by atoms with Crippen LogP contribution in [0.15, 0.2) is 22.7 Å². The number of hydrogen-bond donors (Lipinski definition) is 0. The van der Waals surface area contributed by atoms with Crippen molar-refractivity contribution in [3.05, 3.63) is 22.7 Å². The summed E-state index contributed by atoms with van der Waals surface area (Å²) in [7, 11) is 0. The molecule has 0 fully saturated rings. The Bertz CT molecular complexity index is 509. The fourth-order valence-corrected chi connectivity index (χ4v) is 2.97. The quantitative estimate of drug-likeness (QED) is 0.740. The Morgan fingerprint density at radius 2 is 1.27 bits per heavy atom. The summed E-state index contributed by atoms with van der Waals surface area (Å²) in [5, 5.41) is 0. The van der Waals surface area contributed by atoms with Crippen LogP contribution >= 0.6 is 0 Å². The summed E-state index contributed by atoms with van der Waals surface area (Å²) in [6, 6.07) is 0. The molecule has 0 radical (unpaired) electrons. The first-order chi connectivity index (χ1) is 10.7.